The standard InChI is InChI=1S/C71H61N5/c1-52-16-26-59(27-17-52)72(57-12-8-6-9-13-57)64-36-40-66(41-37-64)74(61-30-20-54(3)21-31-61)68-44-48-70(49-45-68)76(63-34-24-56(5)25-35-63)71-50-46-69(47-51-71)75(62-32-22-55(4)23-33-62)67-42-38-65(39-43-67)73(58-14-10-7-11-15-58)60-28-18-53(2)19-29-60/h6-51H,1-5H3. The Bertz CT molecular complexity index is 3390. The van der Waals surface area contributed by atoms with E-state index in [0.717, 1.165) is 85.3 Å². The van der Waals surface area contributed by atoms with Gasteiger partial charge in [-0.05, 0) is 217 Å². The Morgan fingerprint density at radius 1 is 0.132 bits per heavy atom. The molecule has 11 rings (SSSR count). The topological polar surface area (TPSA) is 16.2 Å². The fourth-order valence-electron chi connectivity index (χ4n) is 9.86. The van der Waals surface area contributed by atoms with Crippen molar-refractivity contribution in [2.75, 3.05) is 24.5 Å². The SMILES string of the molecule is Cc1ccc(N(c2ccccc2)c2ccc(N(c3ccc(C)cc3)c3ccc(N(c4ccc(C)cc4)c4ccc(N(c5ccc(C)cc5)c5ccc(N(c6ccccc6)c6ccc(C)cc6)cc5)cc4)cc3)cc2)cc1. The van der Waals surface area contributed by atoms with E-state index in [9.17, 15) is 0 Å². The molecule has 0 radical (unpaired) electrons. The number of nitrogens with zero attached hydrogens (tertiary/aromatic N) is 5. The largest absolute Gasteiger partial charge is 0.311 e. The summed E-state index contributed by atoms with van der Waals surface area (Å²) in [6.07, 6.45) is 0. The van der Waals surface area contributed by atoms with Gasteiger partial charge in [-0.2, -0.15) is 0 Å². The van der Waals surface area contributed by atoms with Crippen LogP contribution in [0.4, 0.5) is 85.3 Å². The van der Waals surface area contributed by atoms with Crippen molar-refractivity contribution in [1.29, 1.82) is 0 Å². The van der Waals surface area contributed by atoms with Crippen molar-refractivity contribution in [3.63, 3.8) is 0 Å². The van der Waals surface area contributed by atoms with E-state index in [0.29, 0.717) is 0 Å². The van der Waals surface area contributed by atoms with Crippen LogP contribution in [0.5, 0.6) is 0 Å². The van der Waals surface area contributed by atoms with E-state index in [1.807, 2.05) is 0 Å². The van der Waals surface area contributed by atoms with Gasteiger partial charge in [-0.3, -0.25) is 0 Å². The highest BCUT2D eigenvalue weighted by Gasteiger charge is 2.21. The molecule has 0 bridgehead atoms. The average molecular weight is 984 g/mol. The predicted octanol–water partition coefficient (Wildman–Crippen LogP) is 20.6. The van der Waals surface area contributed by atoms with Crippen molar-refractivity contribution >= 4 is 85.3 Å². The van der Waals surface area contributed by atoms with Crippen molar-refractivity contribution < 1.29 is 0 Å². The number of benzene rings is 11. The van der Waals surface area contributed by atoms with E-state index in [-0.39, 0.29) is 0 Å². The summed E-state index contributed by atoms with van der Waals surface area (Å²) < 4.78 is 0. The molecular weight excluding hydrogens is 923 g/mol. The molecule has 11 aromatic carbocycles. The zero-order chi connectivity index (χ0) is 52.0. The number of aryl methyl sites for hydroxylation is 5. The van der Waals surface area contributed by atoms with Crippen LogP contribution in [0.2, 0.25) is 0 Å². The molecule has 0 N–H and O–H groups in total. The van der Waals surface area contributed by atoms with Gasteiger partial charge in [-0.1, -0.05) is 125 Å². The number of anilines is 15. The van der Waals surface area contributed by atoms with Crippen LogP contribution < -0.4 is 24.5 Å². The van der Waals surface area contributed by atoms with Gasteiger partial charge in [0.05, 0.1) is 0 Å². The summed E-state index contributed by atoms with van der Waals surface area (Å²) in [4.78, 5) is 11.6. The summed E-state index contributed by atoms with van der Waals surface area (Å²) >= 11 is 0. The molecule has 0 fully saturated rings. The summed E-state index contributed by atoms with van der Waals surface area (Å²) in [5, 5.41) is 0. The molecule has 0 atom stereocenters. The molecule has 5 nitrogen and oxygen atoms in total. The molecule has 76 heavy (non-hydrogen) atoms. The van der Waals surface area contributed by atoms with Gasteiger partial charge >= 0.3 is 0 Å². The summed E-state index contributed by atoms with van der Waals surface area (Å²) in [7, 11) is 0. The van der Waals surface area contributed by atoms with Gasteiger partial charge in [-0.25, -0.2) is 0 Å². The van der Waals surface area contributed by atoms with Gasteiger partial charge in [0.2, 0.25) is 0 Å². The monoisotopic (exact) mass is 983 g/mol. The third-order valence-corrected chi connectivity index (χ3v) is 14.0. The predicted molar refractivity (Wildman–Crippen MR) is 324 cm³/mol. The second-order valence-electron chi connectivity index (χ2n) is 19.6. The maximum absolute atomic E-state index is 2.34. The maximum atomic E-state index is 2.34. The summed E-state index contributed by atoms with van der Waals surface area (Å²) in [6, 6.07) is 101. The van der Waals surface area contributed by atoms with Gasteiger partial charge in [0.25, 0.3) is 0 Å². The number of para-hydroxylation sites is 2. The summed E-state index contributed by atoms with van der Waals surface area (Å²) in [6.45, 7) is 10.7. The van der Waals surface area contributed by atoms with Crippen LogP contribution in [-0.4, -0.2) is 0 Å². The van der Waals surface area contributed by atoms with Crippen LogP contribution >= 0.6 is 0 Å². The number of rotatable bonds is 15. The smallest absolute Gasteiger partial charge is 0.0463 e. The van der Waals surface area contributed by atoms with Crippen LogP contribution in [0.3, 0.4) is 0 Å². The molecule has 0 aliphatic rings. The molecule has 0 aromatic heterocycles. The van der Waals surface area contributed by atoms with Crippen molar-refractivity contribution in [3.8, 4) is 0 Å². The summed E-state index contributed by atoms with van der Waals surface area (Å²) in [5.74, 6) is 0. The van der Waals surface area contributed by atoms with Crippen LogP contribution in [0, 0.1) is 34.6 Å². The first kappa shape index (κ1) is 48.7. The van der Waals surface area contributed by atoms with E-state index in [1.165, 1.54) is 27.8 Å². The van der Waals surface area contributed by atoms with E-state index >= 15 is 0 Å². The molecule has 0 aliphatic heterocycles. The summed E-state index contributed by atoms with van der Waals surface area (Å²) in [5.41, 5.74) is 22.3. The lowest BCUT2D eigenvalue weighted by molar-refractivity contribution is 1.23. The molecule has 11 aromatic rings. The van der Waals surface area contributed by atoms with Gasteiger partial charge in [0, 0.05) is 85.3 Å². The van der Waals surface area contributed by atoms with Crippen molar-refractivity contribution in [3.05, 3.63) is 307 Å². The fourth-order valence-corrected chi connectivity index (χ4v) is 9.86. The minimum absolute atomic E-state index is 1.05. The van der Waals surface area contributed by atoms with Gasteiger partial charge in [0.15, 0.2) is 0 Å². The maximum Gasteiger partial charge on any atom is 0.0463 e. The van der Waals surface area contributed by atoms with Crippen LogP contribution in [-0.2, 0) is 0 Å². The minimum atomic E-state index is 1.05. The molecule has 0 heterocycles. The molecular formula is C71H61N5. The molecule has 0 amide bonds. The number of hydrogen-bond donors (Lipinski definition) is 0. The van der Waals surface area contributed by atoms with Gasteiger partial charge in [0.1, 0.15) is 0 Å². The second kappa shape index (κ2) is 21.9. The molecule has 0 saturated carbocycles. The molecule has 0 unspecified atom stereocenters. The Labute approximate surface area is 449 Å². The van der Waals surface area contributed by atoms with Crippen molar-refractivity contribution in [2.45, 2.75) is 34.6 Å². The highest BCUT2D eigenvalue weighted by molar-refractivity contribution is 5.86. The second-order valence-corrected chi connectivity index (χ2v) is 19.6. The highest BCUT2D eigenvalue weighted by atomic mass is 15.2. The minimum Gasteiger partial charge on any atom is -0.311 e. The van der Waals surface area contributed by atoms with Crippen LogP contribution in [0.1, 0.15) is 27.8 Å². The molecule has 5 heteroatoms. The van der Waals surface area contributed by atoms with Gasteiger partial charge < -0.3 is 24.5 Å². The molecule has 0 spiro atoms. The first-order valence-corrected chi connectivity index (χ1v) is 26.1. The van der Waals surface area contributed by atoms with E-state index in [4.69, 9.17) is 0 Å². The van der Waals surface area contributed by atoms with Crippen LogP contribution in [0.15, 0.2) is 279 Å². The normalized spacial score (nSPS) is 11.0. The molecule has 0 saturated heterocycles. The first-order valence-electron chi connectivity index (χ1n) is 26.1. The highest BCUT2D eigenvalue weighted by Crippen LogP contribution is 2.44. The third-order valence-electron chi connectivity index (χ3n) is 14.0. The lowest BCUT2D eigenvalue weighted by Crippen LogP contribution is -2.14. The van der Waals surface area contributed by atoms with E-state index in [2.05, 4.69) is 338 Å². The quantitative estimate of drug-likeness (QED) is 0.101. The Balaban J connectivity index is 0.933. The van der Waals surface area contributed by atoms with Gasteiger partial charge in [-0.15, -0.1) is 0 Å². The van der Waals surface area contributed by atoms with Crippen LogP contribution in [0.25, 0.3) is 0 Å². The third kappa shape index (κ3) is 10.6. The van der Waals surface area contributed by atoms with E-state index in [1.54, 1.807) is 0 Å². The molecule has 0 aliphatic carbocycles. The lowest BCUT2D eigenvalue weighted by atomic mass is 10.1. The van der Waals surface area contributed by atoms with E-state index < -0.39 is 0 Å². The molecule has 370 valence electrons. The zero-order valence-electron chi connectivity index (χ0n) is 43.8. The number of hydrogen-bond acceptors (Lipinski definition) is 5. The zero-order valence-corrected chi connectivity index (χ0v) is 43.8. The Morgan fingerprint density at radius 3 is 0.368 bits per heavy atom. The Kier molecular flexibility index (Phi) is 14.0. The Hall–Kier alpha value is -9.58. The van der Waals surface area contributed by atoms with Crippen molar-refractivity contribution in [2.24, 2.45) is 0 Å². The van der Waals surface area contributed by atoms with Crippen molar-refractivity contribution in [1.82, 2.24) is 0 Å². The Morgan fingerprint density at radius 2 is 0.237 bits per heavy atom. The first-order chi connectivity index (χ1) is 37.2. The fraction of sp³-hybridized carbons (Fsp3) is 0.0704. The lowest BCUT2D eigenvalue weighted by Gasteiger charge is -2.30. The average Bonchev–Trinajstić information content (AvgIpc) is 3.46.